The Hall–Kier alpha value is -0.530. The van der Waals surface area contributed by atoms with Gasteiger partial charge >= 0.3 is 5.97 Å². The van der Waals surface area contributed by atoms with Crippen molar-refractivity contribution in [2.24, 2.45) is 0 Å². The smallest absolute Gasteiger partial charge is 0.303 e. The number of carbonyl (C=O) groups is 1. The predicted octanol–water partition coefficient (Wildman–Crippen LogP) is 4.24. The molecular formula is C12H26O2. The summed E-state index contributed by atoms with van der Waals surface area (Å²) in [5, 5.41) is 7.91. The lowest BCUT2D eigenvalue weighted by Crippen LogP contribution is -1.90. The number of carboxylic acid groups (broad SMARTS) is 1. The van der Waals surface area contributed by atoms with Crippen molar-refractivity contribution in [2.75, 3.05) is 0 Å². The van der Waals surface area contributed by atoms with E-state index in [1.807, 2.05) is 6.92 Å². The maximum atomic E-state index is 9.60. The second-order valence-electron chi connectivity index (χ2n) is 3.56. The summed E-state index contributed by atoms with van der Waals surface area (Å²) in [5.41, 5.74) is 0. The lowest BCUT2D eigenvalue weighted by atomic mass is 10.1. The zero-order valence-corrected chi connectivity index (χ0v) is 10.0. The van der Waals surface area contributed by atoms with E-state index in [4.69, 9.17) is 5.11 Å². The van der Waals surface area contributed by atoms with Gasteiger partial charge in [0.2, 0.25) is 0 Å². The van der Waals surface area contributed by atoms with Crippen molar-refractivity contribution in [1.82, 2.24) is 0 Å². The minimum atomic E-state index is -0.711. The highest BCUT2D eigenvalue weighted by atomic mass is 16.4. The number of aliphatic carboxylic acids is 1. The van der Waals surface area contributed by atoms with E-state index in [1.165, 1.54) is 38.5 Å². The minimum absolute atomic E-state index is 0.292. The van der Waals surface area contributed by atoms with Crippen molar-refractivity contribution in [3.63, 3.8) is 0 Å². The van der Waals surface area contributed by atoms with Gasteiger partial charge in [-0.15, -0.1) is 0 Å². The van der Waals surface area contributed by atoms with Crippen LogP contribution in [0.5, 0.6) is 0 Å². The van der Waals surface area contributed by atoms with Gasteiger partial charge in [0.1, 0.15) is 0 Å². The quantitative estimate of drug-likeness (QED) is 0.627. The fourth-order valence-corrected chi connectivity index (χ4v) is 1.07. The molecule has 0 spiro atoms. The Kier molecular flexibility index (Phi) is 17.0. The molecule has 0 heterocycles. The number of unbranched alkanes of at least 4 members (excludes halogenated alkanes) is 5. The molecule has 0 aliphatic rings. The molecule has 0 aromatic heterocycles. The molecule has 0 aliphatic heterocycles. The highest BCUT2D eigenvalue weighted by molar-refractivity contribution is 5.66. The van der Waals surface area contributed by atoms with Crippen LogP contribution in [0.3, 0.4) is 0 Å². The molecule has 0 aliphatic carbocycles. The van der Waals surface area contributed by atoms with Crippen LogP contribution in [-0.4, -0.2) is 11.1 Å². The summed E-state index contributed by atoms with van der Waals surface area (Å²) in [5.74, 6) is -0.711. The van der Waals surface area contributed by atoms with Crippen molar-refractivity contribution in [2.45, 2.75) is 72.1 Å². The molecule has 0 saturated heterocycles. The molecule has 0 rings (SSSR count). The van der Waals surface area contributed by atoms with Crippen LogP contribution < -0.4 is 0 Å². The third-order valence-corrected chi connectivity index (χ3v) is 1.92. The lowest BCUT2D eigenvalue weighted by molar-refractivity contribution is -0.137. The molecule has 0 saturated carbocycles. The molecule has 0 radical (unpaired) electrons. The molecule has 0 atom stereocenters. The molecule has 2 nitrogen and oxygen atoms in total. The summed E-state index contributed by atoms with van der Waals surface area (Å²) >= 11 is 0. The maximum absolute atomic E-state index is 9.60. The van der Waals surface area contributed by atoms with Crippen molar-refractivity contribution in [3.05, 3.63) is 0 Å². The number of hydrogen-bond acceptors (Lipinski definition) is 1. The molecule has 0 amide bonds. The van der Waals surface area contributed by atoms with Gasteiger partial charge in [0, 0.05) is 6.42 Å². The Labute approximate surface area is 88.7 Å². The molecule has 86 valence electrons. The van der Waals surface area contributed by atoms with Crippen molar-refractivity contribution in [1.29, 1.82) is 0 Å². The van der Waals surface area contributed by atoms with Crippen LogP contribution in [0.25, 0.3) is 0 Å². The normalized spacial score (nSPS) is 9.07. The monoisotopic (exact) mass is 202 g/mol. The van der Waals surface area contributed by atoms with Crippen LogP contribution in [0.1, 0.15) is 72.1 Å². The van der Waals surface area contributed by atoms with Gasteiger partial charge in [0.05, 0.1) is 0 Å². The summed E-state index contributed by atoms with van der Waals surface area (Å²) in [6.45, 7) is 6.35. The summed E-state index contributed by atoms with van der Waals surface area (Å²) in [4.78, 5) is 9.60. The first-order valence-electron chi connectivity index (χ1n) is 5.90. The van der Waals surface area contributed by atoms with Gasteiger partial charge < -0.3 is 5.11 Å². The van der Waals surface area contributed by atoms with Gasteiger partial charge in [-0.2, -0.15) is 0 Å². The number of rotatable bonds is 7. The van der Waals surface area contributed by atoms with Crippen molar-refractivity contribution < 1.29 is 9.90 Å². The maximum Gasteiger partial charge on any atom is 0.303 e. The first-order valence-corrected chi connectivity index (χ1v) is 5.90. The standard InChI is InChI=1S/C8H18.C4H8O2/c1-3-5-7-8-6-4-2;1-2-3-4(5)6/h3-8H2,1-2H3;2-3H2,1H3,(H,5,6). The molecule has 0 aromatic rings. The average Bonchev–Trinajstić information content (AvgIpc) is 2.13. The summed E-state index contributed by atoms with van der Waals surface area (Å²) in [7, 11) is 0. The van der Waals surface area contributed by atoms with Crippen LogP contribution in [-0.2, 0) is 4.79 Å². The van der Waals surface area contributed by atoms with Gasteiger partial charge in [0.15, 0.2) is 0 Å². The third kappa shape index (κ3) is 22.5. The molecule has 0 aromatic carbocycles. The zero-order chi connectivity index (χ0) is 11.2. The van der Waals surface area contributed by atoms with Crippen LogP contribution in [0.4, 0.5) is 0 Å². The fraction of sp³-hybridized carbons (Fsp3) is 0.917. The van der Waals surface area contributed by atoms with Gasteiger partial charge in [-0.1, -0.05) is 59.3 Å². The highest BCUT2D eigenvalue weighted by Gasteiger charge is 1.87. The fourth-order valence-electron chi connectivity index (χ4n) is 1.07. The molecule has 2 heteroatoms. The minimum Gasteiger partial charge on any atom is -0.481 e. The van der Waals surface area contributed by atoms with E-state index in [1.54, 1.807) is 0 Å². The second-order valence-corrected chi connectivity index (χ2v) is 3.56. The van der Waals surface area contributed by atoms with Gasteiger partial charge in [0.25, 0.3) is 0 Å². The first kappa shape index (κ1) is 15.9. The van der Waals surface area contributed by atoms with E-state index in [2.05, 4.69) is 13.8 Å². The van der Waals surface area contributed by atoms with Gasteiger partial charge in [-0.25, -0.2) is 0 Å². The van der Waals surface area contributed by atoms with Crippen molar-refractivity contribution >= 4 is 5.97 Å². The predicted molar refractivity (Wildman–Crippen MR) is 61.6 cm³/mol. The van der Waals surface area contributed by atoms with Crippen LogP contribution in [0, 0.1) is 0 Å². The molecular weight excluding hydrogens is 176 g/mol. The zero-order valence-electron chi connectivity index (χ0n) is 10.0. The van der Waals surface area contributed by atoms with E-state index >= 15 is 0 Å². The Morgan fingerprint density at radius 3 is 1.43 bits per heavy atom. The van der Waals surface area contributed by atoms with Crippen LogP contribution in [0.2, 0.25) is 0 Å². The Morgan fingerprint density at radius 1 is 0.857 bits per heavy atom. The molecule has 14 heavy (non-hydrogen) atoms. The van der Waals surface area contributed by atoms with E-state index < -0.39 is 5.97 Å². The largest absolute Gasteiger partial charge is 0.481 e. The van der Waals surface area contributed by atoms with E-state index in [9.17, 15) is 4.79 Å². The Bertz CT molecular complexity index is 105. The second kappa shape index (κ2) is 15.0. The number of hydrogen-bond donors (Lipinski definition) is 1. The van der Waals surface area contributed by atoms with Crippen LogP contribution in [0.15, 0.2) is 0 Å². The highest BCUT2D eigenvalue weighted by Crippen LogP contribution is 2.03. The topological polar surface area (TPSA) is 37.3 Å². The van der Waals surface area contributed by atoms with Gasteiger partial charge in [-0.05, 0) is 6.42 Å². The summed E-state index contributed by atoms with van der Waals surface area (Å²) in [6, 6.07) is 0. The Morgan fingerprint density at radius 2 is 1.29 bits per heavy atom. The summed E-state index contributed by atoms with van der Waals surface area (Å²) < 4.78 is 0. The van der Waals surface area contributed by atoms with Crippen molar-refractivity contribution in [3.8, 4) is 0 Å². The van der Waals surface area contributed by atoms with Gasteiger partial charge in [-0.3, -0.25) is 4.79 Å². The average molecular weight is 202 g/mol. The lowest BCUT2D eigenvalue weighted by Gasteiger charge is -1.93. The molecule has 0 fully saturated rings. The first-order chi connectivity index (χ1) is 6.68. The molecule has 0 unspecified atom stereocenters. The molecule has 0 bridgehead atoms. The van der Waals surface area contributed by atoms with E-state index in [-0.39, 0.29) is 0 Å². The third-order valence-electron chi connectivity index (χ3n) is 1.92. The SMILES string of the molecule is CCCC(=O)O.CCCCCCCC. The summed E-state index contributed by atoms with van der Waals surface area (Å²) in [6.07, 6.45) is 9.51. The Balaban J connectivity index is 0. The van der Waals surface area contributed by atoms with E-state index in [0.29, 0.717) is 6.42 Å². The molecule has 1 N–H and O–H groups in total. The number of carboxylic acids is 1. The van der Waals surface area contributed by atoms with Crippen LogP contribution >= 0.6 is 0 Å². The van der Waals surface area contributed by atoms with E-state index in [0.717, 1.165) is 6.42 Å².